The summed E-state index contributed by atoms with van der Waals surface area (Å²) < 4.78 is 5.76. The highest BCUT2D eigenvalue weighted by molar-refractivity contribution is 7.80. The van der Waals surface area contributed by atoms with Crippen LogP contribution in [0.4, 0.5) is 5.69 Å². The summed E-state index contributed by atoms with van der Waals surface area (Å²) in [6.07, 6.45) is 9.15. The van der Waals surface area contributed by atoms with Gasteiger partial charge in [0.05, 0.1) is 17.9 Å². The van der Waals surface area contributed by atoms with Gasteiger partial charge in [-0.15, -0.1) is 0 Å². The fourth-order valence-corrected chi connectivity index (χ4v) is 4.18. The fourth-order valence-electron chi connectivity index (χ4n) is 3.97. The van der Waals surface area contributed by atoms with Gasteiger partial charge in [0.2, 0.25) is 0 Å². The highest BCUT2D eigenvalue weighted by atomic mass is 32.1. The van der Waals surface area contributed by atoms with Crippen LogP contribution in [0.1, 0.15) is 79.0 Å². The van der Waals surface area contributed by atoms with Crippen molar-refractivity contribution in [3.63, 3.8) is 0 Å². The van der Waals surface area contributed by atoms with Crippen LogP contribution in [0.25, 0.3) is 0 Å². The summed E-state index contributed by atoms with van der Waals surface area (Å²) >= 11 is 5.35. The Balaban J connectivity index is 1.50. The highest BCUT2D eigenvalue weighted by Crippen LogP contribution is 2.20. The van der Waals surface area contributed by atoms with Gasteiger partial charge in [0.1, 0.15) is 5.75 Å². The number of rotatable bonds is 10. The molecule has 1 fully saturated rings. The molecule has 1 aliphatic heterocycles. The minimum absolute atomic E-state index is 0.0159. The van der Waals surface area contributed by atoms with Crippen molar-refractivity contribution in [2.24, 2.45) is 0 Å². The van der Waals surface area contributed by atoms with E-state index in [1.807, 2.05) is 17.0 Å². The second-order valence-electron chi connectivity index (χ2n) is 8.59. The maximum Gasteiger partial charge on any atom is 0.257 e. The van der Waals surface area contributed by atoms with Crippen LogP contribution in [0.3, 0.4) is 0 Å². The maximum atomic E-state index is 13.0. The van der Waals surface area contributed by atoms with Crippen LogP contribution in [0, 0.1) is 0 Å². The van der Waals surface area contributed by atoms with Crippen molar-refractivity contribution in [1.82, 2.24) is 10.2 Å². The van der Waals surface area contributed by atoms with E-state index in [0.717, 1.165) is 44.5 Å². The summed E-state index contributed by atoms with van der Waals surface area (Å²) in [5.74, 6) is 0.416. The molecular formula is C27H35N3O3S. The van der Waals surface area contributed by atoms with Gasteiger partial charge in [0.25, 0.3) is 11.8 Å². The predicted molar refractivity (Wildman–Crippen MR) is 141 cm³/mol. The van der Waals surface area contributed by atoms with Crippen molar-refractivity contribution in [2.75, 3.05) is 25.0 Å². The van der Waals surface area contributed by atoms with E-state index < -0.39 is 0 Å². The number of ether oxygens (including phenoxy) is 1. The number of carbonyl (C=O) groups excluding carboxylic acids is 2. The van der Waals surface area contributed by atoms with Crippen LogP contribution in [-0.4, -0.2) is 41.5 Å². The summed E-state index contributed by atoms with van der Waals surface area (Å²) in [5, 5.41) is 5.87. The van der Waals surface area contributed by atoms with Gasteiger partial charge in [-0.05, 0) is 74.3 Å². The van der Waals surface area contributed by atoms with Crippen LogP contribution < -0.4 is 15.4 Å². The topological polar surface area (TPSA) is 70.7 Å². The van der Waals surface area contributed by atoms with Crippen molar-refractivity contribution in [2.45, 2.75) is 58.3 Å². The molecule has 7 heteroatoms. The number of para-hydroxylation sites is 1. The van der Waals surface area contributed by atoms with E-state index in [4.69, 9.17) is 17.0 Å². The normalized spacial score (nSPS) is 13.3. The molecule has 0 bridgehead atoms. The molecule has 0 aliphatic carbocycles. The third-order valence-corrected chi connectivity index (χ3v) is 6.11. The van der Waals surface area contributed by atoms with Crippen LogP contribution in [-0.2, 0) is 0 Å². The average molecular weight is 482 g/mol. The van der Waals surface area contributed by atoms with Gasteiger partial charge in [-0.3, -0.25) is 14.9 Å². The Labute approximate surface area is 208 Å². The van der Waals surface area contributed by atoms with Gasteiger partial charge in [0.15, 0.2) is 5.11 Å². The Morgan fingerprint density at radius 1 is 0.941 bits per heavy atom. The van der Waals surface area contributed by atoms with Crippen molar-refractivity contribution >= 4 is 34.8 Å². The highest BCUT2D eigenvalue weighted by Gasteiger charge is 2.21. The molecule has 0 atom stereocenters. The zero-order valence-corrected chi connectivity index (χ0v) is 20.8. The van der Waals surface area contributed by atoms with Crippen LogP contribution in [0.15, 0.2) is 48.5 Å². The molecule has 1 aliphatic rings. The summed E-state index contributed by atoms with van der Waals surface area (Å²) in [5.41, 5.74) is 1.63. The van der Waals surface area contributed by atoms with E-state index in [1.165, 1.54) is 25.7 Å². The molecule has 0 unspecified atom stereocenters. The monoisotopic (exact) mass is 481 g/mol. The number of hydrogen-bond donors (Lipinski definition) is 2. The molecule has 2 aromatic carbocycles. The first kappa shape index (κ1) is 25.7. The lowest BCUT2D eigenvalue weighted by atomic mass is 10.1. The number of nitrogens with one attached hydrogen (secondary N) is 2. The Hall–Kier alpha value is -2.93. The number of piperidine rings is 1. The minimum Gasteiger partial charge on any atom is -0.494 e. The van der Waals surface area contributed by atoms with E-state index in [1.54, 1.807) is 36.4 Å². The zero-order valence-electron chi connectivity index (χ0n) is 20.0. The molecule has 1 saturated heterocycles. The van der Waals surface area contributed by atoms with Gasteiger partial charge in [-0.1, -0.05) is 44.7 Å². The van der Waals surface area contributed by atoms with Crippen molar-refractivity contribution in [3.05, 3.63) is 59.7 Å². The van der Waals surface area contributed by atoms with E-state index in [-0.39, 0.29) is 16.9 Å². The molecule has 6 nitrogen and oxygen atoms in total. The van der Waals surface area contributed by atoms with E-state index >= 15 is 0 Å². The molecule has 34 heavy (non-hydrogen) atoms. The van der Waals surface area contributed by atoms with Gasteiger partial charge in [0, 0.05) is 18.7 Å². The number of anilines is 1. The molecule has 0 aromatic heterocycles. The first-order valence-corrected chi connectivity index (χ1v) is 12.7. The Morgan fingerprint density at radius 2 is 1.65 bits per heavy atom. The first-order valence-electron chi connectivity index (χ1n) is 12.3. The number of thiocarbonyl (C=S) groups is 1. The van der Waals surface area contributed by atoms with E-state index in [0.29, 0.717) is 23.4 Å². The minimum atomic E-state index is -0.316. The molecule has 2 N–H and O–H groups in total. The SMILES string of the molecule is CCCCCCCOc1ccc(C(=O)NC(=S)Nc2ccccc2C(=O)N2CCCCC2)cc1. The van der Waals surface area contributed by atoms with Crippen molar-refractivity contribution < 1.29 is 14.3 Å². The lowest BCUT2D eigenvalue weighted by molar-refractivity contribution is 0.0725. The van der Waals surface area contributed by atoms with Gasteiger partial charge >= 0.3 is 0 Å². The van der Waals surface area contributed by atoms with Crippen LogP contribution in [0.5, 0.6) is 5.75 Å². The number of carbonyl (C=O) groups is 2. The second kappa shape index (κ2) is 13.7. The Morgan fingerprint density at radius 3 is 2.38 bits per heavy atom. The standard InChI is InChI=1S/C27H35N3O3S/c1-2-3-4-5-11-20-33-22-16-14-21(15-17-22)25(31)29-27(34)28-24-13-8-7-12-23(24)26(32)30-18-9-6-10-19-30/h7-8,12-17H,2-6,9-11,18-20H2,1H3,(H2,28,29,31,34). The molecule has 0 radical (unpaired) electrons. The maximum absolute atomic E-state index is 13.0. The van der Waals surface area contributed by atoms with E-state index in [9.17, 15) is 9.59 Å². The summed E-state index contributed by atoms with van der Waals surface area (Å²) in [4.78, 5) is 27.5. The zero-order chi connectivity index (χ0) is 24.2. The Bertz CT molecular complexity index is 956. The molecule has 0 saturated carbocycles. The van der Waals surface area contributed by atoms with E-state index in [2.05, 4.69) is 17.6 Å². The molecule has 2 aromatic rings. The quantitative estimate of drug-likeness (QED) is 0.332. The van der Waals surface area contributed by atoms with Gasteiger partial charge in [-0.2, -0.15) is 0 Å². The van der Waals surface area contributed by atoms with Gasteiger partial charge < -0.3 is 15.0 Å². The predicted octanol–water partition coefficient (Wildman–Crippen LogP) is 5.79. The fraction of sp³-hybridized carbons (Fsp3) is 0.444. The number of amides is 2. The first-order chi connectivity index (χ1) is 16.6. The van der Waals surface area contributed by atoms with Crippen molar-refractivity contribution in [1.29, 1.82) is 0 Å². The summed E-state index contributed by atoms with van der Waals surface area (Å²) in [6, 6.07) is 14.3. The number of hydrogen-bond acceptors (Lipinski definition) is 4. The largest absolute Gasteiger partial charge is 0.494 e. The van der Waals surface area contributed by atoms with Crippen LogP contribution >= 0.6 is 12.2 Å². The molecule has 0 spiro atoms. The lowest BCUT2D eigenvalue weighted by Crippen LogP contribution is -2.37. The molecular weight excluding hydrogens is 446 g/mol. The Kier molecular flexibility index (Phi) is 10.3. The second-order valence-corrected chi connectivity index (χ2v) is 9.00. The summed E-state index contributed by atoms with van der Waals surface area (Å²) in [7, 11) is 0. The third-order valence-electron chi connectivity index (χ3n) is 5.91. The molecule has 1 heterocycles. The number of likely N-dealkylation sites (tertiary alicyclic amines) is 1. The third kappa shape index (κ3) is 7.83. The lowest BCUT2D eigenvalue weighted by Gasteiger charge is -2.27. The molecule has 182 valence electrons. The van der Waals surface area contributed by atoms with Gasteiger partial charge in [-0.25, -0.2) is 0 Å². The smallest absolute Gasteiger partial charge is 0.257 e. The number of benzene rings is 2. The number of unbranched alkanes of at least 4 members (excludes halogenated alkanes) is 4. The van der Waals surface area contributed by atoms with Crippen molar-refractivity contribution in [3.8, 4) is 5.75 Å². The van der Waals surface area contributed by atoms with Crippen LogP contribution in [0.2, 0.25) is 0 Å². The molecule has 2 amide bonds. The number of nitrogens with zero attached hydrogens (tertiary/aromatic N) is 1. The summed E-state index contributed by atoms with van der Waals surface area (Å²) in [6.45, 7) is 4.42. The average Bonchev–Trinajstić information content (AvgIpc) is 2.87. The molecule has 3 rings (SSSR count).